The van der Waals surface area contributed by atoms with E-state index in [9.17, 15) is 13.6 Å². The Kier molecular flexibility index (Phi) is 3.79. The Morgan fingerprint density at radius 3 is 2.73 bits per heavy atom. The predicted molar refractivity (Wildman–Crippen MR) is 53.6 cm³/mol. The first-order valence-corrected chi connectivity index (χ1v) is 4.24. The first-order chi connectivity index (χ1) is 7.13. The zero-order valence-corrected chi connectivity index (χ0v) is 7.89. The molecule has 0 bridgehead atoms. The highest BCUT2D eigenvalue weighted by Crippen LogP contribution is 2.12. The number of rotatable bonds is 3. The summed E-state index contributed by atoms with van der Waals surface area (Å²) in [6.45, 7) is 3.71. The van der Waals surface area contributed by atoms with Gasteiger partial charge in [-0.1, -0.05) is 6.08 Å². The Bertz CT molecular complexity index is 380. The van der Waals surface area contributed by atoms with Crippen molar-refractivity contribution < 1.29 is 13.6 Å². The number of amides is 2. The molecule has 3 nitrogen and oxygen atoms in total. The SMILES string of the molecule is C=CCNC(=O)Nc1ccc(F)c(F)c1. The van der Waals surface area contributed by atoms with Crippen LogP contribution in [0.3, 0.4) is 0 Å². The quantitative estimate of drug-likeness (QED) is 0.741. The fraction of sp³-hybridized carbons (Fsp3) is 0.100. The zero-order chi connectivity index (χ0) is 11.3. The van der Waals surface area contributed by atoms with Crippen LogP contribution in [0.2, 0.25) is 0 Å². The number of halogens is 2. The van der Waals surface area contributed by atoms with E-state index in [1.165, 1.54) is 12.1 Å². The molecule has 15 heavy (non-hydrogen) atoms. The molecule has 0 aliphatic rings. The maximum absolute atomic E-state index is 12.7. The van der Waals surface area contributed by atoms with Crippen molar-refractivity contribution in [3.63, 3.8) is 0 Å². The average Bonchev–Trinajstić information content (AvgIpc) is 2.20. The highest BCUT2D eigenvalue weighted by atomic mass is 19.2. The van der Waals surface area contributed by atoms with Gasteiger partial charge in [-0.25, -0.2) is 13.6 Å². The van der Waals surface area contributed by atoms with E-state index in [2.05, 4.69) is 17.2 Å². The molecule has 80 valence electrons. The van der Waals surface area contributed by atoms with Gasteiger partial charge in [0.15, 0.2) is 11.6 Å². The molecule has 0 saturated carbocycles. The molecule has 0 unspecified atom stereocenters. The van der Waals surface area contributed by atoms with E-state index in [1.54, 1.807) is 0 Å². The van der Waals surface area contributed by atoms with E-state index in [-0.39, 0.29) is 5.69 Å². The van der Waals surface area contributed by atoms with E-state index in [4.69, 9.17) is 0 Å². The van der Waals surface area contributed by atoms with Gasteiger partial charge in [0.05, 0.1) is 0 Å². The minimum Gasteiger partial charge on any atom is -0.334 e. The van der Waals surface area contributed by atoms with E-state index in [0.717, 1.165) is 12.1 Å². The van der Waals surface area contributed by atoms with Gasteiger partial charge in [-0.3, -0.25) is 0 Å². The van der Waals surface area contributed by atoms with Crippen molar-refractivity contribution in [3.05, 3.63) is 42.5 Å². The summed E-state index contributed by atoms with van der Waals surface area (Å²) in [7, 11) is 0. The summed E-state index contributed by atoms with van der Waals surface area (Å²) >= 11 is 0. The minimum atomic E-state index is -1.00. The fourth-order valence-electron chi connectivity index (χ4n) is 0.914. The smallest absolute Gasteiger partial charge is 0.319 e. The molecular formula is C10H10F2N2O. The first-order valence-electron chi connectivity index (χ1n) is 4.24. The van der Waals surface area contributed by atoms with Crippen LogP contribution >= 0.6 is 0 Å². The van der Waals surface area contributed by atoms with Crippen LogP contribution in [0.15, 0.2) is 30.9 Å². The number of benzene rings is 1. The van der Waals surface area contributed by atoms with Crippen molar-refractivity contribution in [1.29, 1.82) is 0 Å². The lowest BCUT2D eigenvalue weighted by Crippen LogP contribution is -2.28. The van der Waals surface area contributed by atoms with Crippen LogP contribution < -0.4 is 10.6 Å². The van der Waals surface area contributed by atoms with Gasteiger partial charge < -0.3 is 10.6 Å². The fourth-order valence-corrected chi connectivity index (χ4v) is 0.914. The number of nitrogens with one attached hydrogen (secondary N) is 2. The molecule has 0 radical (unpaired) electrons. The molecule has 2 N–H and O–H groups in total. The first kappa shape index (κ1) is 11.2. The molecule has 0 spiro atoms. The summed E-state index contributed by atoms with van der Waals surface area (Å²) in [5.74, 6) is -1.96. The van der Waals surface area contributed by atoms with Crippen molar-refractivity contribution in [3.8, 4) is 0 Å². The van der Waals surface area contributed by atoms with Crippen molar-refractivity contribution in [2.45, 2.75) is 0 Å². The van der Waals surface area contributed by atoms with E-state index >= 15 is 0 Å². The number of carbonyl (C=O) groups is 1. The Labute approximate surface area is 85.8 Å². The van der Waals surface area contributed by atoms with Crippen molar-refractivity contribution in [2.75, 3.05) is 11.9 Å². The maximum Gasteiger partial charge on any atom is 0.319 e. The van der Waals surface area contributed by atoms with Crippen LogP contribution in [-0.4, -0.2) is 12.6 Å². The largest absolute Gasteiger partial charge is 0.334 e. The molecule has 0 aromatic heterocycles. The third-order valence-electron chi connectivity index (χ3n) is 1.58. The second kappa shape index (κ2) is 5.09. The lowest BCUT2D eigenvalue weighted by molar-refractivity contribution is 0.253. The van der Waals surface area contributed by atoms with E-state index in [1.807, 2.05) is 0 Å². The molecule has 1 aromatic carbocycles. The van der Waals surface area contributed by atoms with Gasteiger partial charge in [-0.15, -0.1) is 6.58 Å². The molecule has 1 rings (SSSR count). The van der Waals surface area contributed by atoms with Gasteiger partial charge in [0.1, 0.15) is 0 Å². The number of carbonyl (C=O) groups excluding carboxylic acids is 1. The Morgan fingerprint density at radius 1 is 1.40 bits per heavy atom. The molecule has 0 saturated heterocycles. The molecule has 5 heteroatoms. The topological polar surface area (TPSA) is 41.1 Å². The van der Waals surface area contributed by atoms with Crippen LogP contribution in [-0.2, 0) is 0 Å². The average molecular weight is 212 g/mol. The van der Waals surface area contributed by atoms with Gasteiger partial charge in [0.2, 0.25) is 0 Å². The van der Waals surface area contributed by atoms with Gasteiger partial charge in [0.25, 0.3) is 0 Å². The highest BCUT2D eigenvalue weighted by molar-refractivity contribution is 5.89. The van der Waals surface area contributed by atoms with Crippen LogP contribution in [0.4, 0.5) is 19.3 Å². The molecule has 0 atom stereocenters. The maximum atomic E-state index is 12.7. The molecule has 0 heterocycles. The van der Waals surface area contributed by atoms with Crippen LogP contribution in [0.1, 0.15) is 0 Å². The third kappa shape index (κ3) is 3.38. The van der Waals surface area contributed by atoms with Crippen molar-refractivity contribution in [1.82, 2.24) is 5.32 Å². The van der Waals surface area contributed by atoms with Gasteiger partial charge in [0, 0.05) is 18.3 Å². The molecule has 0 aliphatic heterocycles. The summed E-state index contributed by atoms with van der Waals surface area (Å²) in [5, 5.41) is 4.77. The predicted octanol–water partition coefficient (Wildman–Crippen LogP) is 2.27. The van der Waals surface area contributed by atoms with Crippen LogP contribution in [0.25, 0.3) is 0 Å². The summed E-state index contributed by atoms with van der Waals surface area (Å²) in [6.07, 6.45) is 1.50. The Balaban J connectivity index is 2.60. The van der Waals surface area contributed by atoms with Crippen molar-refractivity contribution >= 4 is 11.7 Å². The van der Waals surface area contributed by atoms with Crippen LogP contribution in [0, 0.1) is 11.6 Å². The second-order valence-electron chi connectivity index (χ2n) is 2.75. The summed E-state index contributed by atoms with van der Waals surface area (Å²) < 4.78 is 25.2. The van der Waals surface area contributed by atoms with E-state index < -0.39 is 17.7 Å². The standard InChI is InChI=1S/C10H10F2N2O/c1-2-5-13-10(15)14-7-3-4-8(11)9(12)6-7/h2-4,6H,1,5H2,(H2,13,14,15). The monoisotopic (exact) mass is 212 g/mol. The summed E-state index contributed by atoms with van der Waals surface area (Å²) in [5.41, 5.74) is 0.190. The molecule has 1 aromatic rings. The van der Waals surface area contributed by atoms with Crippen molar-refractivity contribution in [2.24, 2.45) is 0 Å². The normalized spacial score (nSPS) is 9.47. The van der Waals surface area contributed by atoms with E-state index in [0.29, 0.717) is 6.54 Å². The second-order valence-corrected chi connectivity index (χ2v) is 2.75. The van der Waals surface area contributed by atoms with Gasteiger partial charge >= 0.3 is 6.03 Å². The number of hydrogen-bond donors (Lipinski definition) is 2. The Morgan fingerprint density at radius 2 is 2.13 bits per heavy atom. The number of urea groups is 1. The zero-order valence-electron chi connectivity index (χ0n) is 7.89. The third-order valence-corrected chi connectivity index (χ3v) is 1.58. The molecule has 2 amide bonds. The molecule has 0 fully saturated rings. The lowest BCUT2D eigenvalue weighted by atomic mass is 10.3. The minimum absolute atomic E-state index is 0.190. The van der Waals surface area contributed by atoms with Gasteiger partial charge in [-0.05, 0) is 12.1 Å². The Hall–Kier alpha value is -1.91. The lowest BCUT2D eigenvalue weighted by Gasteiger charge is -2.05. The summed E-state index contributed by atoms with van der Waals surface area (Å²) in [4.78, 5) is 11.1. The summed E-state index contributed by atoms with van der Waals surface area (Å²) in [6, 6.07) is 2.62. The molecular weight excluding hydrogens is 202 g/mol. The molecule has 0 aliphatic carbocycles. The number of anilines is 1. The van der Waals surface area contributed by atoms with Gasteiger partial charge in [-0.2, -0.15) is 0 Å². The van der Waals surface area contributed by atoms with Crippen LogP contribution in [0.5, 0.6) is 0 Å². The highest BCUT2D eigenvalue weighted by Gasteiger charge is 2.04. The number of hydrogen-bond acceptors (Lipinski definition) is 1.